The molecule has 0 spiro atoms. The maximum atomic E-state index is 9.43. The molecule has 2 nitrogen and oxygen atoms in total. The van der Waals surface area contributed by atoms with E-state index in [2.05, 4.69) is 27.9 Å². The molecule has 0 aliphatic heterocycles. The molecule has 1 aliphatic carbocycles. The van der Waals surface area contributed by atoms with Gasteiger partial charge in [0, 0.05) is 5.38 Å². The fraction of sp³-hybridized carbons (Fsp3) is 0.333. The summed E-state index contributed by atoms with van der Waals surface area (Å²) in [5.74, 6) is 0. The lowest BCUT2D eigenvalue weighted by Crippen LogP contribution is -1.97. The summed E-state index contributed by atoms with van der Waals surface area (Å²) in [7, 11) is 0. The monoisotopic (exact) mass is 286 g/mol. The number of thiophene rings is 1. The van der Waals surface area contributed by atoms with Crippen LogP contribution in [0.3, 0.4) is 0 Å². The topological polar surface area (TPSA) is 36.7 Å². The van der Waals surface area contributed by atoms with E-state index >= 15 is 0 Å². The van der Waals surface area contributed by atoms with E-state index in [1.54, 1.807) is 22.7 Å². The SMILES string of the molecule is N#CC(=C1CCCCC1)c1nc(-c2cccs2)cs1. The van der Waals surface area contributed by atoms with Gasteiger partial charge in [-0.3, -0.25) is 0 Å². The second-order valence-electron chi connectivity index (χ2n) is 4.67. The van der Waals surface area contributed by atoms with Crippen LogP contribution in [0, 0.1) is 11.3 Å². The molecule has 0 atom stereocenters. The van der Waals surface area contributed by atoms with Crippen LogP contribution in [-0.4, -0.2) is 4.98 Å². The van der Waals surface area contributed by atoms with Gasteiger partial charge in [0.05, 0.1) is 16.1 Å². The lowest BCUT2D eigenvalue weighted by atomic mass is 9.91. The van der Waals surface area contributed by atoms with Gasteiger partial charge >= 0.3 is 0 Å². The zero-order valence-electron chi connectivity index (χ0n) is 10.6. The third-order valence-corrected chi connectivity index (χ3v) is 5.17. The Morgan fingerprint density at radius 3 is 2.74 bits per heavy atom. The molecular formula is C15H14N2S2. The van der Waals surface area contributed by atoms with E-state index in [0.717, 1.165) is 29.1 Å². The van der Waals surface area contributed by atoms with E-state index in [4.69, 9.17) is 0 Å². The summed E-state index contributed by atoms with van der Waals surface area (Å²) in [4.78, 5) is 5.82. The molecular weight excluding hydrogens is 272 g/mol. The van der Waals surface area contributed by atoms with Crippen molar-refractivity contribution in [3.05, 3.63) is 33.5 Å². The second-order valence-corrected chi connectivity index (χ2v) is 6.47. The summed E-state index contributed by atoms with van der Waals surface area (Å²) < 4.78 is 0. The average Bonchev–Trinajstić information content (AvgIpc) is 3.11. The lowest BCUT2D eigenvalue weighted by Gasteiger charge is -2.14. The largest absolute Gasteiger partial charge is 0.234 e. The third-order valence-electron chi connectivity index (χ3n) is 3.41. The molecule has 0 amide bonds. The fourth-order valence-electron chi connectivity index (χ4n) is 2.43. The minimum Gasteiger partial charge on any atom is -0.234 e. The van der Waals surface area contributed by atoms with Crippen molar-refractivity contribution in [2.75, 3.05) is 0 Å². The van der Waals surface area contributed by atoms with E-state index < -0.39 is 0 Å². The zero-order chi connectivity index (χ0) is 13.1. The van der Waals surface area contributed by atoms with Gasteiger partial charge in [0.15, 0.2) is 0 Å². The highest BCUT2D eigenvalue weighted by molar-refractivity contribution is 7.14. The number of thiazole rings is 1. The van der Waals surface area contributed by atoms with Gasteiger partial charge in [-0.1, -0.05) is 12.5 Å². The molecule has 1 saturated carbocycles. The first-order chi connectivity index (χ1) is 9.38. The molecule has 1 fully saturated rings. The molecule has 19 heavy (non-hydrogen) atoms. The highest BCUT2D eigenvalue weighted by Gasteiger charge is 2.16. The Kier molecular flexibility index (Phi) is 3.77. The van der Waals surface area contributed by atoms with Gasteiger partial charge < -0.3 is 0 Å². The fourth-order valence-corrected chi connectivity index (χ4v) is 4.06. The molecule has 0 radical (unpaired) electrons. The van der Waals surface area contributed by atoms with Crippen LogP contribution < -0.4 is 0 Å². The molecule has 96 valence electrons. The van der Waals surface area contributed by atoms with E-state index in [-0.39, 0.29) is 0 Å². The number of hydrogen-bond acceptors (Lipinski definition) is 4. The Morgan fingerprint density at radius 2 is 2.05 bits per heavy atom. The number of aromatic nitrogens is 1. The predicted molar refractivity (Wildman–Crippen MR) is 81.0 cm³/mol. The Labute approximate surface area is 121 Å². The number of allylic oxidation sites excluding steroid dienone is 2. The summed E-state index contributed by atoms with van der Waals surface area (Å²) >= 11 is 3.28. The third kappa shape index (κ3) is 2.63. The van der Waals surface area contributed by atoms with Crippen LogP contribution in [-0.2, 0) is 0 Å². The van der Waals surface area contributed by atoms with Crippen LogP contribution in [0.1, 0.15) is 37.1 Å². The molecule has 3 rings (SSSR count). The van der Waals surface area contributed by atoms with Crippen molar-refractivity contribution in [3.8, 4) is 16.6 Å². The Morgan fingerprint density at radius 1 is 1.21 bits per heavy atom. The van der Waals surface area contributed by atoms with E-state index in [0.29, 0.717) is 0 Å². The zero-order valence-corrected chi connectivity index (χ0v) is 12.2. The summed E-state index contributed by atoms with van der Waals surface area (Å²) in [6.45, 7) is 0. The van der Waals surface area contributed by atoms with Crippen LogP contribution in [0.25, 0.3) is 16.1 Å². The second kappa shape index (κ2) is 5.68. The van der Waals surface area contributed by atoms with Crippen molar-refractivity contribution in [1.29, 1.82) is 5.26 Å². The first-order valence-corrected chi connectivity index (χ1v) is 8.26. The molecule has 2 aromatic heterocycles. The smallest absolute Gasteiger partial charge is 0.134 e. The number of rotatable bonds is 2. The number of nitriles is 1. The van der Waals surface area contributed by atoms with Crippen molar-refractivity contribution in [3.63, 3.8) is 0 Å². The minimum absolute atomic E-state index is 0.826. The molecule has 2 heterocycles. The van der Waals surface area contributed by atoms with E-state index in [1.165, 1.54) is 29.7 Å². The van der Waals surface area contributed by atoms with Gasteiger partial charge in [-0.15, -0.1) is 22.7 Å². The van der Waals surface area contributed by atoms with Gasteiger partial charge in [-0.25, -0.2) is 4.98 Å². The first-order valence-electron chi connectivity index (χ1n) is 6.50. The Bertz CT molecular complexity index is 621. The van der Waals surface area contributed by atoms with Gasteiger partial charge in [-0.2, -0.15) is 5.26 Å². The molecule has 0 aromatic carbocycles. The normalized spacial score (nSPS) is 15.2. The van der Waals surface area contributed by atoms with Crippen molar-refractivity contribution < 1.29 is 0 Å². The van der Waals surface area contributed by atoms with Crippen LogP contribution >= 0.6 is 22.7 Å². The van der Waals surface area contributed by atoms with E-state index in [9.17, 15) is 5.26 Å². The predicted octanol–water partition coefficient (Wildman–Crippen LogP) is 5.11. The highest BCUT2D eigenvalue weighted by atomic mass is 32.1. The van der Waals surface area contributed by atoms with Crippen molar-refractivity contribution >= 4 is 28.2 Å². The minimum atomic E-state index is 0.826. The van der Waals surface area contributed by atoms with Gasteiger partial charge in [0.25, 0.3) is 0 Å². The number of nitrogens with zero attached hydrogens (tertiary/aromatic N) is 2. The molecule has 0 saturated heterocycles. The highest BCUT2D eigenvalue weighted by Crippen LogP contribution is 2.34. The van der Waals surface area contributed by atoms with E-state index in [1.807, 2.05) is 6.07 Å². The summed E-state index contributed by atoms with van der Waals surface area (Å²) in [5.41, 5.74) is 3.13. The van der Waals surface area contributed by atoms with Gasteiger partial charge in [-0.05, 0) is 42.7 Å². The van der Waals surface area contributed by atoms with Crippen LogP contribution in [0.15, 0.2) is 28.5 Å². The van der Waals surface area contributed by atoms with Crippen molar-refractivity contribution in [2.24, 2.45) is 0 Å². The molecule has 2 aromatic rings. The maximum Gasteiger partial charge on any atom is 0.134 e. The molecule has 0 unspecified atom stereocenters. The van der Waals surface area contributed by atoms with Gasteiger partial charge in [0.2, 0.25) is 0 Å². The molecule has 1 aliphatic rings. The maximum absolute atomic E-state index is 9.43. The summed E-state index contributed by atoms with van der Waals surface area (Å²) in [6, 6.07) is 6.48. The summed E-state index contributed by atoms with van der Waals surface area (Å²) in [6.07, 6.45) is 5.85. The quantitative estimate of drug-likeness (QED) is 0.719. The van der Waals surface area contributed by atoms with Gasteiger partial charge in [0.1, 0.15) is 11.1 Å². The lowest BCUT2D eigenvalue weighted by molar-refractivity contribution is 0.601. The molecule has 4 heteroatoms. The Hall–Kier alpha value is -1.44. The van der Waals surface area contributed by atoms with Crippen LogP contribution in [0.4, 0.5) is 0 Å². The molecule has 0 bridgehead atoms. The first kappa shape index (κ1) is 12.6. The number of hydrogen-bond donors (Lipinski definition) is 0. The van der Waals surface area contributed by atoms with Crippen LogP contribution in [0.2, 0.25) is 0 Å². The average molecular weight is 286 g/mol. The molecule has 0 N–H and O–H groups in total. The van der Waals surface area contributed by atoms with Crippen LogP contribution in [0.5, 0.6) is 0 Å². The van der Waals surface area contributed by atoms with Crippen molar-refractivity contribution in [2.45, 2.75) is 32.1 Å². The standard InChI is InChI=1S/C15H14N2S2/c16-9-12(11-5-2-1-3-6-11)15-17-13(10-19-15)14-7-4-8-18-14/h4,7-8,10H,1-3,5-6H2. The summed E-state index contributed by atoms with van der Waals surface area (Å²) in [5, 5.41) is 14.4. The van der Waals surface area contributed by atoms with Crippen molar-refractivity contribution in [1.82, 2.24) is 4.98 Å². The Balaban J connectivity index is 1.95.